The number of nitrogens with zero attached hydrogens (tertiary/aromatic N) is 3. The SMILES string of the molecule is Clc1ccc(-c2nnc(SCCOc3ccccc3)n2C[C@@H]2CCCO2)cc1. The summed E-state index contributed by atoms with van der Waals surface area (Å²) in [7, 11) is 0. The van der Waals surface area contributed by atoms with Gasteiger partial charge in [0.05, 0.1) is 19.3 Å². The third-order valence-corrected chi connectivity index (χ3v) is 5.74. The molecule has 0 saturated carbocycles. The Kier molecular flexibility index (Phi) is 6.52. The smallest absolute Gasteiger partial charge is 0.191 e. The molecule has 5 nitrogen and oxygen atoms in total. The summed E-state index contributed by atoms with van der Waals surface area (Å²) in [6.07, 6.45) is 2.39. The molecule has 0 unspecified atom stereocenters. The fourth-order valence-electron chi connectivity index (χ4n) is 3.17. The summed E-state index contributed by atoms with van der Waals surface area (Å²) < 4.78 is 13.8. The van der Waals surface area contributed by atoms with E-state index in [-0.39, 0.29) is 6.10 Å². The average molecular weight is 416 g/mol. The van der Waals surface area contributed by atoms with Gasteiger partial charge in [0.25, 0.3) is 0 Å². The molecule has 1 aliphatic heterocycles. The Hall–Kier alpha value is -2.02. The van der Waals surface area contributed by atoms with Crippen molar-refractivity contribution < 1.29 is 9.47 Å². The molecule has 2 heterocycles. The highest BCUT2D eigenvalue weighted by Crippen LogP contribution is 2.27. The van der Waals surface area contributed by atoms with Crippen molar-refractivity contribution in [1.29, 1.82) is 0 Å². The average Bonchev–Trinajstić information content (AvgIpc) is 3.38. The van der Waals surface area contributed by atoms with Crippen LogP contribution in [0, 0.1) is 0 Å². The van der Waals surface area contributed by atoms with Crippen LogP contribution in [0.4, 0.5) is 0 Å². The van der Waals surface area contributed by atoms with E-state index in [1.54, 1.807) is 11.8 Å². The van der Waals surface area contributed by atoms with Gasteiger partial charge in [0.2, 0.25) is 0 Å². The van der Waals surface area contributed by atoms with E-state index in [4.69, 9.17) is 21.1 Å². The van der Waals surface area contributed by atoms with Crippen LogP contribution in [0.25, 0.3) is 11.4 Å². The van der Waals surface area contributed by atoms with Crippen molar-refractivity contribution in [2.75, 3.05) is 19.0 Å². The number of thioether (sulfide) groups is 1. The molecule has 0 bridgehead atoms. The van der Waals surface area contributed by atoms with Crippen molar-refractivity contribution >= 4 is 23.4 Å². The maximum Gasteiger partial charge on any atom is 0.191 e. The Morgan fingerprint density at radius 1 is 1.11 bits per heavy atom. The summed E-state index contributed by atoms with van der Waals surface area (Å²) in [4.78, 5) is 0. The molecule has 0 spiro atoms. The van der Waals surface area contributed by atoms with Gasteiger partial charge in [-0.25, -0.2) is 0 Å². The number of rotatable bonds is 8. The van der Waals surface area contributed by atoms with Gasteiger partial charge in [-0.2, -0.15) is 0 Å². The number of halogens is 1. The van der Waals surface area contributed by atoms with Crippen LogP contribution < -0.4 is 4.74 Å². The van der Waals surface area contributed by atoms with Crippen LogP contribution in [-0.2, 0) is 11.3 Å². The summed E-state index contributed by atoms with van der Waals surface area (Å²) in [5.74, 6) is 2.52. The first-order chi connectivity index (χ1) is 13.8. The monoisotopic (exact) mass is 415 g/mol. The molecule has 1 saturated heterocycles. The number of benzene rings is 2. The number of hydrogen-bond donors (Lipinski definition) is 0. The molecule has 2 aromatic carbocycles. The predicted octanol–water partition coefficient (Wildman–Crippen LogP) is 4.95. The van der Waals surface area contributed by atoms with Gasteiger partial charge in [-0.3, -0.25) is 4.57 Å². The largest absolute Gasteiger partial charge is 0.493 e. The van der Waals surface area contributed by atoms with Crippen LogP contribution in [0.1, 0.15) is 12.8 Å². The van der Waals surface area contributed by atoms with Gasteiger partial charge >= 0.3 is 0 Å². The Morgan fingerprint density at radius 2 is 1.93 bits per heavy atom. The number of hydrogen-bond acceptors (Lipinski definition) is 5. The number of para-hydroxylation sites is 1. The second-order valence-electron chi connectivity index (χ2n) is 6.57. The Bertz CT molecular complexity index is 880. The molecule has 1 fully saturated rings. The minimum Gasteiger partial charge on any atom is -0.493 e. The lowest BCUT2D eigenvalue weighted by molar-refractivity contribution is 0.0953. The quantitative estimate of drug-likeness (QED) is 0.385. The zero-order valence-electron chi connectivity index (χ0n) is 15.5. The van der Waals surface area contributed by atoms with E-state index >= 15 is 0 Å². The van der Waals surface area contributed by atoms with Crippen LogP contribution in [0.15, 0.2) is 59.8 Å². The van der Waals surface area contributed by atoms with E-state index in [1.165, 1.54) is 0 Å². The zero-order valence-corrected chi connectivity index (χ0v) is 17.0. The molecular formula is C21H22ClN3O2S. The van der Waals surface area contributed by atoms with Crippen molar-refractivity contribution in [2.24, 2.45) is 0 Å². The topological polar surface area (TPSA) is 49.2 Å². The Balaban J connectivity index is 1.46. The molecule has 1 atom stereocenters. The predicted molar refractivity (Wildman–Crippen MR) is 112 cm³/mol. The van der Waals surface area contributed by atoms with Crippen LogP contribution in [0.5, 0.6) is 5.75 Å². The summed E-state index contributed by atoms with van der Waals surface area (Å²) in [5.41, 5.74) is 1.00. The maximum atomic E-state index is 6.04. The maximum absolute atomic E-state index is 6.04. The van der Waals surface area contributed by atoms with E-state index in [9.17, 15) is 0 Å². The highest BCUT2D eigenvalue weighted by Gasteiger charge is 2.21. The lowest BCUT2D eigenvalue weighted by Crippen LogP contribution is -2.17. The molecule has 28 heavy (non-hydrogen) atoms. The Labute approximate surface area is 174 Å². The van der Waals surface area contributed by atoms with Crippen molar-refractivity contribution in [3.05, 3.63) is 59.6 Å². The number of aromatic nitrogens is 3. The molecule has 146 valence electrons. The first-order valence-corrected chi connectivity index (χ1v) is 10.8. The third-order valence-electron chi connectivity index (χ3n) is 4.56. The molecule has 0 aliphatic carbocycles. The standard InChI is InChI=1S/C21H22ClN3O2S/c22-17-10-8-16(9-11-17)20-23-24-21(25(20)15-19-7-4-12-26-19)28-14-13-27-18-5-2-1-3-6-18/h1-3,5-6,8-11,19H,4,7,12-15H2/t19-/m0/s1. The third kappa shape index (κ3) is 4.87. The number of ether oxygens (including phenoxy) is 2. The lowest BCUT2D eigenvalue weighted by Gasteiger charge is -2.15. The van der Waals surface area contributed by atoms with E-state index in [0.717, 1.165) is 54.0 Å². The van der Waals surface area contributed by atoms with Crippen molar-refractivity contribution in [3.8, 4) is 17.1 Å². The fourth-order valence-corrected chi connectivity index (χ4v) is 4.06. The molecule has 0 amide bonds. The first-order valence-electron chi connectivity index (χ1n) is 9.41. The molecule has 1 aromatic heterocycles. The lowest BCUT2D eigenvalue weighted by atomic mass is 10.2. The van der Waals surface area contributed by atoms with Gasteiger partial charge in [-0.05, 0) is 49.2 Å². The molecular weight excluding hydrogens is 394 g/mol. The Morgan fingerprint density at radius 3 is 2.68 bits per heavy atom. The van der Waals surface area contributed by atoms with Crippen molar-refractivity contribution in [2.45, 2.75) is 30.6 Å². The van der Waals surface area contributed by atoms with E-state index in [1.807, 2.05) is 54.6 Å². The molecule has 1 aliphatic rings. The van der Waals surface area contributed by atoms with Crippen LogP contribution in [0.2, 0.25) is 5.02 Å². The molecule has 3 aromatic rings. The van der Waals surface area contributed by atoms with Gasteiger partial charge in [0, 0.05) is 22.9 Å². The van der Waals surface area contributed by atoms with Gasteiger partial charge in [-0.1, -0.05) is 41.6 Å². The fraction of sp³-hybridized carbons (Fsp3) is 0.333. The van der Waals surface area contributed by atoms with Crippen LogP contribution in [0.3, 0.4) is 0 Å². The zero-order chi connectivity index (χ0) is 19.2. The van der Waals surface area contributed by atoms with Crippen molar-refractivity contribution in [3.63, 3.8) is 0 Å². The van der Waals surface area contributed by atoms with Crippen LogP contribution >= 0.6 is 23.4 Å². The van der Waals surface area contributed by atoms with Gasteiger partial charge < -0.3 is 9.47 Å². The second-order valence-corrected chi connectivity index (χ2v) is 8.07. The second kappa shape index (κ2) is 9.45. The summed E-state index contributed by atoms with van der Waals surface area (Å²) in [6.45, 7) is 2.20. The van der Waals surface area contributed by atoms with Gasteiger partial charge in [0.1, 0.15) is 5.75 Å². The normalized spacial score (nSPS) is 16.4. The molecule has 4 rings (SSSR count). The van der Waals surface area contributed by atoms with E-state index in [0.29, 0.717) is 11.6 Å². The molecule has 7 heteroatoms. The first kappa shape index (κ1) is 19.3. The highest BCUT2D eigenvalue weighted by atomic mass is 35.5. The van der Waals surface area contributed by atoms with E-state index < -0.39 is 0 Å². The molecule has 0 N–H and O–H groups in total. The van der Waals surface area contributed by atoms with Crippen molar-refractivity contribution in [1.82, 2.24) is 14.8 Å². The van der Waals surface area contributed by atoms with Gasteiger partial charge in [-0.15, -0.1) is 10.2 Å². The minimum atomic E-state index is 0.210. The summed E-state index contributed by atoms with van der Waals surface area (Å²) in [5, 5.41) is 10.5. The minimum absolute atomic E-state index is 0.210. The summed E-state index contributed by atoms with van der Waals surface area (Å²) >= 11 is 7.69. The van der Waals surface area contributed by atoms with Gasteiger partial charge in [0.15, 0.2) is 11.0 Å². The van der Waals surface area contributed by atoms with E-state index in [2.05, 4.69) is 14.8 Å². The van der Waals surface area contributed by atoms with Crippen LogP contribution in [-0.4, -0.2) is 39.8 Å². The molecule has 0 radical (unpaired) electrons. The summed E-state index contributed by atoms with van der Waals surface area (Å²) in [6, 6.07) is 17.6. The highest BCUT2D eigenvalue weighted by molar-refractivity contribution is 7.99.